The minimum Gasteiger partial charge on any atom is -0.353 e. The number of H-pyrrole nitrogens is 1. The minimum absolute atomic E-state index is 0.0146. The number of likely N-dealkylation sites (tertiary alicyclic amines) is 1. The molecule has 3 rings (SSSR count). The molecule has 2 fully saturated rings. The van der Waals surface area contributed by atoms with Crippen molar-refractivity contribution in [2.45, 2.75) is 31.7 Å². The molecule has 102 valence electrons. The molecular formula is C13H18N4O2. The van der Waals surface area contributed by atoms with E-state index in [0.29, 0.717) is 18.7 Å². The van der Waals surface area contributed by atoms with Crippen molar-refractivity contribution in [2.75, 3.05) is 13.1 Å². The van der Waals surface area contributed by atoms with Crippen molar-refractivity contribution >= 4 is 11.8 Å². The first kappa shape index (κ1) is 12.2. The average molecular weight is 262 g/mol. The predicted molar refractivity (Wildman–Crippen MR) is 68.4 cm³/mol. The molecule has 0 radical (unpaired) electrons. The van der Waals surface area contributed by atoms with Gasteiger partial charge < -0.3 is 10.2 Å². The van der Waals surface area contributed by atoms with Crippen LogP contribution in [0.4, 0.5) is 0 Å². The van der Waals surface area contributed by atoms with Gasteiger partial charge in [0.1, 0.15) is 0 Å². The second-order valence-electron chi connectivity index (χ2n) is 5.34. The van der Waals surface area contributed by atoms with E-state index in [1.165, 1.54) is 0 Å². The topological polar surface area (TPSA) is 78.1 Å². The zero-order chi connectivity index (χ0) is 13.2. The van der Waals surface area contributed by atoms with Gasteiger partial charge in [0, 0.05) is 31.2 Å². The molecule has 1 aromatic rings. The molecule has 6 nitrogen and oxygen atoms in total. The number of piperidine rings is 1. The zero-order valence-corrected chi connectivity index (χ0v) is 10.8. The van der Waals surface area contributed by atoms with E-state index in [9.17, 15) is 9.59 Å². The van der Waals surface area contributed by atoms with Gasteiger partial charge in [-0.2, -0.15) is 5.10 Å². The molecule has 0 bridgehead atoms. The van der Waals surface area contributed by atoms with Crippen LogP contribution >= 0.6 is 0 Å². The molecule has 0 spiro atoms. The summed E-state index contributed by atoms with van der Waals surface area (Å²) >= 11 is 0. The maximum Gasteiger partial charge on any atom is 0.257 e. The minimum atomic E-state index is 0.0146. The Morgan fingerprint density at radius 3 is 2.58 bits per heavy atom. The molecule has 2 heterocycles. The Balaban J connectivity index is 1.49. The third kappa shape index (κ3) is 2.77. The van der Waals surface area contributed by atoms with Crippen molar-refractivity contribution in [3.8, 4) is 0 Å². The molecule has 2 N–H and O–H groups in total. The first-order valence-corrected chi connectivity index (χ1v) is 6.82. The summed E-state index contributed by atoms with van der Waals surface area (Å²) in [4.78, 5) is 25.6. The van der Waals surface area contributed by atoms with Gasteiger partial charge in [-0.15, -0.1) is 0 Å². The highest BCUT2D eigenvalue weighted by atomic mass is 16.2. The number of carbonyl (C=O) groups excluding carboxylic acids is 2. The normalized spacial score (nSPS) is 20.3. The van der Waals surface area contributed by atoms with E-state index in [4.69, 9.17) is 0 Å². The number of hydrogen-bond acceptors (Lipinski definition) is 3. The van der Waals surface area contributed by atoms with Crippen LogP contribution in [0.2, 0.25) is 0 Å². The highest BCUT2D eigenvalue weighted by molar-refractivity contribution is 5.93. The van der Waals surface area contributed by atoms with Crippen molar-refractivity contribution in [1.82, 2.24) is 20.4 Å². The predicted octanol–water partition coefficient (Wildman–Crippen LogP) is 0.540. The molecule has 1 saturated heterocycles. The quantitative estimate of drug-likeness (QED) is 0.834. The molecular weight excluding hydrogens is 244 g/mol. The maximum atomic E-state index is 12.1. The van der Waals surface area contributed by atoms with E-state index in [1.54, 1.807) is 12.4 Å². The highest BCUT2D eigenvalue weighted by Gasteiger charge is 2.32. The van der Waals surface area contributed by atoms with Gasteiger partial charge in [-0.3, -0.25) is 14.7 Å². The SMILES string of the molecule is O=C(NC1CCN(C(=O)c2cn[nH]c2)CC1)C1CC1. The van der Waals surface area contributed by atoms with E-state index >= 15 is 0 Å². The lowest BCUT2D eigenvalue weighted by molar-refractivity contribution is -0.123. The van der Waals surface area contributed by atoms with Crippen LogP contribution in [0, 0.1) is 5.92 Å². The summed E-state index contributed by atoms with van der Waals surface area (Å²) in [6.45, 7) is 1.39. The number of carbonyl (C=O) groups is 2. The van der Waals surface area contributed by atoms with E-state index in [1.807, 2.05) is 4.90 Å². The fourth-order valence-corrected chi connectivity index (χ4v) is 2.44. The summed E-state index contributed by atoms with van der Waals surface area (Å²) in [5.41, 5.74) is 0.598. The summed E-state index contributed by atoms with van der Waals surface area (Å²) in [5, 5.41) is 9.52. The second kappa shape index (κ2) is 5.03. The fourth-order valence-electron chi connectivity index (χ4n) is 2.44. The van der Waals surface area contributed by atoms with Crippen molar-refractivity contribution < 1.29 is 9.59 Å². The summed E-state index contributed by atoms with van der Waals surface area (Å²) in [6, 6.07) is 0.224. The monoisotopic (exact) mass is 262 g/mol. The first-order valence-electron chi connectivity index (χ1n) is 6.82. The highest BCUT2D eigenvalue weighted by Crippen LogP contribution is 2.29. The van der Waals surface area contributed by atoms with Crippen molar-refractivity contribution in [2.24, 2.45) is 5.92 Å². The Morgan fingerprint density at radius 2 is 2.00 bits per heavy atom. The number of rotatable bonds is 3. The van der Waals surface area contributed by atoms with Crippen LogP contribution in [0.25, 0.3) is 0 Å². The Morgan fingerprint density at radius 1 is 1.26 bits per heavy atom. The Kier molecular flexibility index (Phi) is 3.23. The van der Waals surface area contributed by atoms with Gasteiger partial charge in [-0.1, -0.05) is 0 Å². The standard InChI is InChI=1S/C13H18N4O2/c18-12(9-1-2-9)16-11-3-5-17(6-4-11)13(19)10-7-14-15-8-10/h7-9,11H,1-6H2,(H,14,15)(H,16,18). The van der Waals surface area contributed by atoms with E-state index < -0.39 is 0 Å². The number of aromatic nitrogens is 2. The molecule has 6 heteroatoms. The number of hydrogen-bond donors (Lipinski definition) is 2. The smallest absolute Gasteiger partial charge is 0.257 e. The van der Waals surface area contributed by atoms with Gasteiger partial charge in [0.2, 0.25) is 5.91 Å². The Labute approximate surface area is 111 Å². The van der Waals surface area contributed by atoms with Gasteiger partial charge in [-0.25, -0.2) is 0 Å². The van der Waals surface area contributed by atoms with Crippen LogP contribution < -0.4 is 5.32 Å². The molecule has 2 aliphatic rings. The summed E-state index contributed by atoms with van der Waals surface area (Å²) in [5.74, 6) is 0.464. The lowest BCUT2D eigenvalue weighted by Crippen LogP contribution is -2.46. The lowest BCUT2D eigenvalue weighted by Gasteiger charge is -2.32. The molecule has 1 saturated carbocycles. The van der Waals surface area contributed by atoms with Gasteiger partial charge in [0.25, 0.3) is 5.91 Å². The van der Waals surface area contributed by atoms with Gasteiger partial charge >= 0.3 is 0 Å². The molecule has 0 atom stereocenters. The average Bonchev–Trinajstić information content (AvgIpc) is 3.14. The number of aromatic amines is 1. The molecule has 19 heavy (non-hydrogen) atoms. The Hall–Kier alpha value is -1.85. The Bertz CT molecular complexity index is 459. The summed E-state index contributed by atoms with van der Waals surface area (Å²) < 4.78 is 0. The van der Waals surface area contributed by atoms with Crippen LogP contribution in [-0.4, -0.2) is 46.0 Å². The van der Waals surface area contributed by atoms with Gasteiger partial charge in [0.05, 0.1) is 11.8 Å². The number of nitrogens with zero attached hydrogens (tertiary/aromatic N) is 2. The third-order valence-electron chi connectivity index (χ3n) is 3.82. The van der Waals surface area contributed by atoms with E-state index in [0.717, 1.165) is 25.7 Å². The largest absolute Gasteiger partial charge is 0.353 e. The van der Waals surface area contributed by atoms with Crippen LogP contribution in [-0.2, 0) is 4.79 Å². The van der Waals surface area contributed by atoms with Crippen LogP contribution in [0.15, 0.2) is 12.4 Å². The van der Waals surface area contributed by atoms with E-state index in [2.05, 4.69) is 15.5 Å². The number of nitrogens with one attached hydrogen (secondary N) is 2. The molecule has 0 aromatic carbocycles. The van der Waals surface area contributed by atoms with E-state index in [-0.39, 0.29) is 23.8 Å². The van der Waals surface area contributed by atoms with Crippen LogP contribution in [0.1, 0.15) is 36.0 Å². The first-order chi connectivity index (χ1) is 9.24. The molecule has 1 aromatic heterocycles. The van der Waals surface area contributed by atoms with Crippen molar-refractivity contribution in [1.29, 1.82) is 0 Å². The van der Waals surface area contributed by atoms with Crippen molar-refractivity contribution in [3.05, 3.63) is 18.0 Å². The van der Waals surface area contributed by atoms with Crippen LogP contribution in [0.3, 0.4) is 0 Å². The molecule has 1 aliphatic carbocycles. The maximum absolute atomic E-state index is 12.1. The molecule has 2 amide bonds. The zero-order valence-electron chi connectivity index (χ0n) is 10.8. The number of amides is 2. The second-order valence-corrected chi connectivity index (χ2v) is 5.34. The van der Waals surface area contributed by atoms with Gasteiger partial charge in [-0.05, 0) is 25.7 Å². The molecule has 1 aliphatic heterocycles. The lowest BCUT2D eigenvalue weighted by atomic mass is 10.0. The molecule has 0 unspecified atom stereocenters. The van der Waals surface area contributed by atoms with Gasteiger partial charge in [0.15, 0.2) is 0 Å². The fraction of sp³-hybridized carbons (Fsp3) is 0.615. The summed E-state index contributed by atoms with van der Waals surface area (Å²) in [6.07, 6.45) is 6.89. The van der Waals surface area contributed by atoms with Crippen LogP contribution in [0.5, 0.6) is 0 Å². The third-order valence-corrected chi connectivity index (χ3v) is 3.82. The summed E-state index contributed by atoms with van der Waals surface area (Å²) in [7, 11) is 0. The van der Waals surface area contributed by atoms with Crippen molar-refractivity contribution in [3.63, 3.8) is 0 Å².